The average molecular weight is 269 g/mol. The lowest BCUT2D eigenvalue weighted by atomic mass is 9.91. The van der Waals surface area contributed by atoms with Crippen LogP contribution in [0.3, 0.4) is 0 Å². The fourth-order valence-corrected chi connectivity index (χ4v) is 2.50. The molecule has 108 valence electrons. The average Bonchev–Trinajstić information content (AvgIpc) is 2.84. The Balaban J connectivity index is 2.07. The maximum absolute atomic E-state index is 5.42. The number of nitrogens with one attached hydrogen (secondary N) is 1. The summed E-state index contributed by atoms with van der Waals surface area (Å²) in [7, 11) is 1.71. The van der Waals surface area contributed by atoms with Crippen LogP contribution in [0.15, 0.2) is 4.52 Å². The number of aromatic nitrogens is 2. The van der Waals surface area contributed by atoms with Gasteiger partial charge in [-0.25, -0.2) is 0 Å². The van der Waals surface area contributed by atoms with Crippen LogP contribution in [0.2, 0.25) is 0 Å². The van der Waals surface area contributed by atoms with Gasteiger partial charge in [-0.15, -0.1) is 0 Å². The smallest absolute Gasteiger partial charge is 0.244 e. The van der Waals surface area contributed by atoms with E-state index in [-0.39, 0.29) is 12.1 Å². The van der Waals surface area contributed by atoms with Gasteiger partial charge in [-0.1, -0.05) is 5.16 Å². The highest BCUT2D eigenvalue weighted by atomic mass is 16.5. The summed E-state index contributed by atoms with van der Waals surface area (Å²) in [6.07, 6.45) is 2.03. The van der Waals surface area contributed by atoms with Crippen LogP contribution in [0.4, 0.5) is 0 Å². The summed E-state index contributed by atoms with van der Waals surface area (Å²) in [4.78, 5) is 4.38. The van der Waals surface area contributed by atoms with E-state index in [1.807, 2.05) is 6.92 Å². The quantitative estimate of drug-likeness (QED) is 0.843. The Morgan fingerprint density at radius 3 is 2.74 bits per heavy atom. The van der Waals surface area contributed by atoms with Crippen LogP contribution in [0.1, 0.15) is 37.5 Å². The molecular formula is C13H23N3O3. The van der Waals surface area contributed by atoms with Crippen LogP contribution in [0.25, 0.3) is 0 Å². The molecule has 1 aliphatic heterocycles. The van der Waals surface area contributed by atoms with Gasteiger partial charge in [0.05, 0.1) is 12.6 Å². The maximum atomic E-state index is 5.42. The van der Waals surface area contributed by atoms with Crippen LogP contribution in [-0.4, -0.2) is 43.1 Å². The van der Waals surface area contributed by atoms with E-state index in [4.69, 9.17) is 14.0 Å². The number of methoxy groups -OCH3 is 1. The highest BCUT2D eigenvalue weighted by Crippen LogP contribution is 2.29. The van der Waals surface area contributed by atoms with Crippen molar-refractivity contribution in [3.8, 4) is 0 Å². The first kappa shape index (κ1) is 14.4. The van der Waals surface area contributed by atoms with Gasteiger partial charge in [0.2, 0.25) is 5.89 Å². The number of ether oxygens (including phenoxy) is 2. The van der Waals surface area contributed by atoms with Crippen molar-refractivity contribution in [2.24, 2.45) is 5.92 Å². The lowest BCUT2D eigenvalue weighted by Crippen LogP contribution is -2.39. The first-order chi connectivity index (χ1) is 9.20. The Bertz CT molecular complexity index is 377. The number of nitrogens with zero attached hydrogens (tertiary/aromatic N) is 2. The van der Waals surface area contributed by atoms with Gasteiger partial charge in [0.25, 0.3) is 0 Å². The van der Waals surface area contributed by atoms with Crippen molar-refractivity contribution in [3.05, 3.63) is 11.7 Å². The topological polar surface area (TPSA) is 69.4 Å². The molecule has 1 fully saturated rings. The zero-order valence-electron chi connectivity index (χ0n) is 11.9. The van der Waals surface area contributed by atoms with Gasteiger partial charge in [0.15, 0.2) is 5.82 Å². The van der Waals surface area contributed by atoms with E-state index in [1.165, 1.54) is 0 Å². The van der Waals surface area contributed by atoms with E-state index in [1.54, 1.807) is 7.11 Å². The van der Waals surface area contributed by atoms with Crippen molar-refractivity contribution in [1.29, 1.82) is 0 Å². The molecule has 6 heteroatoms. The monoisotopic (exact) mass is 269 g/mol. The molecule has 0 aliphatic carbocycles. The third-order valence-electron chi connectivity index (χ3n) is 3.43. The molecule has 0 spiro atoms. The van der Waals surface area contributed by atoms with E-state index in [9.17, 15) is 0 Å². The third kappa shape index (κ3) is 3.99. The highest BCUT2D eigenvalue weighted by Gasteiger charge is 2.30. The van der Waals surface area contributed by atoms with Crippen molar-refractivity contribution in [3.63, 3.8) is 0 Å². The molecular weight excluding hydrogens is 246 g/mol. The van der Waals surface area contributed by atoms with Gasteiger partial charge in [0.1, 0.15) is 0 Å². The molecule has 1 aliphatic rings. The summed E-state index contributed by atoms with van der Waals surface area (Å²) in [5.74, 6) is 1.81. The van der Waals surface area contributed by atoms with E-state index in [0.717, 1.165) is 26.1 Å². The Morgan fingerprint density at radius 1 is 1.42 bits per heavy atom. The Morgan fingerprint density at radius 2 is 2.16 bits per heavy atom. The number of rotatable bonds is 6. The van der Waals surface area contributed by atoms with E-state index < -0.39 is 0 Å². The van der Waals surface area contributed by atoms with Crippen molar-refractivity contribution < 1.29 is 14.0 Å². The molecule has 1 N–H and O–H groups in total. The first-order valence-corrected chi connectivity index (χ1v) is 6.83. The van der Waals surface area contributed by atoms with E-state index >= 15 is 0 Å². The SMILES string of the molecule is COCC(C)NC(c1nc(C)no1)C1CCOCC1. The molecule has 2 rings (SSSR count). The van der Waals surface area contributed by atoms with Crippen LogP contribution >= 0.6 is 0 Å². The van der Waals surface area contributed by atoms with Crippen LogP contribution in [0.5, 0.6) is 0 Å². The predicted octanol–water partition coefficient (Wildman–Crippen LogP) is 1.47. The molecule has 2 atom stereocenters. The van der Waals surface area contributed by atoms with Gasteiger partial charge in [-0.2, -0.15) is 4.98 Å². The zero-order chi connectivity index (χ0) is 13.7. The summed E-state index contributed by atoms with van der Waals surface area (Å²) >= 11 is 0. The van der Waals surface area contributed by atoms with Gasteiger partial charge < -0.3 is 19.3 Å². The number of hydrogen-bond donors (Lipinski definition) is 1. The molecule has 1 aromatic heterocycles. The molecule has 1 aromatic rings. The summed E-state index contributed by atoms with van der Waals surface area (Å²) < 4.78 is 16.0. The molecule has 0 aromatic carbocycles. The van der Waals surface area contributed by atoms with E-state index in [2.05, 4.69) is 22.4 Å². The normalized spacial score (nSPS) is 20.4. The first-order valence-electron chi connectivity index (χ1n) is 6.83. The van der Waals surface area contributed by atoms with Gasteiger partial charge in [-0.3, -0.25) is 0 Å². The molecule has 6 nitrogen and oxygen atoms in total. The van der Waals surface area contributed by atoms with Crippen molar-refractivity contribution >= 4 is 0 Å². The third-order valence-corrected chi connectivity index (χ3v) is 3.43. The molecule has 0 radical (unpaired) electrons. The molecule has 1 saturated heterocycles. The van der Waals surface area contributed by atoms with Crippen LogP contribution in [-0.2, 0) is 9.47 Å². The fourth-order valence-electron chi connectivity index (χ4n) is 2.50. The minimum absolute atomic E-state index is 0.0789. The summed E-state index contributed by atoms with van der Waals surface area (Å²) in [6, 6.07) is 0.320. The second-order valence-corrected chi connectivity index (χ2v) is 5.13. The Labute approximate surface area is 113 Å². The summed E-state index contributed by atoms with van der Waals surface area (Å²) in [6.45, 7) is 6.20. The lowest BCUT2D eigenvalue weighted by molar-refractivity contribution is 0.0443. The van der Waals surface area contributed by atoms with Crippen LogP contribution in [0, 0.1) is 12.8 Å². The lowest BCUT2D eigenvalue weighted by Gasteiger charge is -2.30. The summed E-state index contributed by atoms with van der Waals surface area (Å²) in [5.41, 5.74) is 0. The van der Waals surface area contributed by atoms with E-state index in [0.29, 0.717) is 24.2 Å². The second kappa shape index (κ2) is 6.98. The number of hydrogen-bond acceptors (Lipinski definition) is 6. The molecule has 2 heterocycles. The van der Waals surface area contributed by atoms with Crippen molar-refractivity contribution in [2.45, 2.75) is 38.8 Å². The zero-order valence-corrected chi connectivity index (χ0v) is 11.9. The minimum Gasteiger partial charge on any atom is -0.383 e. The molecule has 19 heavy (non-hydrogen) atoms. The van der Waals surface area contributed by atoms with Crippen molar-refractivity contribution in [2.75, 3.05) is 26.9 Å². The predicted molar refractivity (Wildman–Crippen MR) is 69.8 cm³/mol. The van der Waals surface area contributed by atoms with Crippen LogP contribution < -0.4 is 5.32 Å². The molecule has 0 saturated carbocycles. The van der Waals surface area contributed by atoms with Gasteiger partial charge in [-0.05, 0) is 32.6 Å². The van der Waals surface area contributed by atoms with Gasteiger partial charge in [0, 0.05) is 26.4 Å². The molecule has 0 amide bonds. The van der Waals surface area contributed by atoms with Gasteiger partial charge >= 0.3 is 0 Å². The standard InChI is InChI=1S/C13H23N3O3/c1-9(8-17-3)14-12(11-4-6-18-7-5-11)13-15-10(2)16-19-13/h9,11-12,14H,4-8H2,1-3H3. The Kier molecular flexibility index (Phi) is 5.30. The summed E-state index contributed by atoms with van der Waals surface area (Å²) in [5, 5.41) is 7.44. The number of aryl methyl sites for hydroxylation is 1. The minimum atomic E-state index is 0.0789. The largest absolute Gasteiger partial charge is 0.383 e. The molecule has 0 bridgehead atoms. The molecule has 2 unspecified atom stereocenters. The maximum Gasteiger partial charge on any atom is 0.244 e. The van der Waals surface area contributed by atoms with Crippen molar-refractivity contribution in [1.82, 2.24) is 15.5 Å². The second-order valence-electron chi connectivity index (χ2n) is 5.13. The Hall–Kier alpha value is -0.980. The fraction of sp³-hybridized carbons (Fsp3) is 0.846. The highest BCUT2D eigenvalue weighted by molar-refractivity contribution is 4.96.